The first-order valence-electron chi connectivity index (χ1n) is 6.30. The lowest BCUT2D eigenvalue weighted by atomic mass is 9.78. The highest BCUT2D eigenvalue weighted by atomic mass is 16.7. The molecule has 0 atom stereocenters. The first-order chi connectivity index (χ1) is 8.80. The van der Waals surface area contributed by atoms with Crippen molar-refractivity contribution < 1.29 is 19.2 Å². The van der Waals surface area contributed by atoms with Crippen LogP contribution in [0.3, 0.4) is 0 Å². The molecule has 0 aromatic carbocycles. The molecule has 1 aromatic rings. The molecule has 0 amide bonds. The molecule has 1 aromatic heterocycles. The summed E-state index contributed by atoms with van der Waals surface area (Å²) in [5.74, 6) is 0.593. The molecule has 1 saturated heterocycles. The van der Waals surface area contributed by atoms with E-state index in [0.29, 0.717) is 11.4 Å². The number of aliphatic hydroxyl groups excluding tert-OH is 1. The quantitative estimate of drug-likeness (QED) is 0.822. The lowest BCUT2D eigenvalue weighted by molar-refractivity contribution is 0.00578. The zero-order valence-electron chi connectivity index (χ0n) is 12.1. The van der Waals surface area contributed by atoms with Gasteiger partial charge in [0.25, 0.3) is 0 Å². The van der Waals surface area contributed by atoms with Gasteiger partial charge in [0.15, 0.2) is 0 Å². The molecule has 6 heteroatoms. The number of ether oxygens (including phenoxy) is 1. The Morgan fingerprint density at radius 2 is 1.84 bits per heavy atom. The Labute approximate surface area is 114 Å². The predicted octanol–water partition coefficient (Wildman–Crippen LogP) is 0.882. The van der Waals surface area contributed by atoms with E-state index >= 15 is 0 Å². The van der Waals surface area contributed by atoms with Gasteiger partial charge in [0.1, 0.15) is 5.75 Å². The van der Waals surface area contributed by atoms with Crippen LogP contribution in [0.5, 0.6) is 5.75 Å². The fourth-order valence-corrected chi connectivity index (χ4v) is 1.92. The molecule has 0 radical (unpaired) electrons. The smallest absolute Gasteiger partial charge is 0.496 e. The van der Waals surface area contributed by atoms with Gasteiger partial charge in [-0.25, -0.2) is 0 Å². The first kappa shape index (κ1) is 14.3. The molecule has 19 heavy (non-hydrogen) atoms. The average Bonchev–Trinajstić information content (AvgIpc) is 2.57. The third-order valence-corrected chi connectivity index (χ3v) is 3.84. The average molecular weight is 265 g/mol. The van der Waals surface area contributed by atoms with Crippen molar-refractivity contribution in [2.45, 2.75) is 45.5 Å². The normalized spacial score (nSPS) is 20.6. The van der Waals surface area contributed by atoms with Crippen LogP contribution in [-0.4, -0.2) is 35.5 Å². The lowest BCUT2D eigenvalue weighted by Gasteiger charge is -2.32. The summed E-state index contributed by atoms with van der Waals surface area (Å²) in [4.78, 5) is 4.09. The van der Waals surface area contributed by atoms with Gasteiger partial charge in [-0.2, -0.15) is 0 Å². The third kappa shape index (κ3) is 2.48. The first-order valence-corrected chi connectivity index (χ1v) is 6.30. The van der Waals surface area contributed by atoms with E-state index in [-0.39, 0.29) is 6.61 Å². The van der Waals surface area contributed by atoms with Gasteiger partial charge in [-0.3, -0.25) is 4.98 Å². The maximum absolute atomic E-state index is 9.19. The fraction of sp³-hybridized carbons (Fsp3) is 0.615. The Morgan fingerprint density at radius 1 is 1.26 bits per heavy atom. The molecule has 0 spiro atoms. The molecule has 5 nitrogen and oxygen atoms in total. The maximum atomic E-state index is 9.19. The van der Waals surface area contributed by atoms with Crippen LogP contribution in [0.2, 0.25) is 0 Å². The molecule has 2 rings (SSSR count). The number of pyridine rings is 1. The maximum Gasteiger partial charge on any atom is 0.498 e. The molecule has 0 bridgehead atoms. The number of methoxy groups -OCH3 is 1. The van der Waals surface area contributed by atoms with Crippen LogP contribution in [0.1, 0.15) is 33.4 Å². The molecule has 2 heterocycles. The second kappa shape index (κ2) is 4.78. The lowest BCUT2D eigenvalue weighted by Crippen LogP contribution is -2.41. The van der Waals surface area contributed by atoms with Gasteiger partial charge in [-0.1, -0.05) is 0 Å². The van der Waals surface area contributed by atoms with Crippen LogP contribution in [0.25, 0.3) is 0 Å². The summed E-state index contributed by atoms with van der Waals surface area (Å²) in [6.45, 7) is 7.85. The molecule has 0 unspecified atom stereocenters. The summed E-state index contributed by atoms with van der Waals surface area (Å²) in [5, 5.41) is 9.19. The number of aromatic nitrogens is 1. The molecule has 104 valence electrons. The van der Waals surface area contributed by atoms with Crippen molar-refractivity contribution in [1.82, 2.24) is 4.98 Å². The van der Waals surface area contributed by atoms with Crippen molar-refractivity contribution in [3.05, 3.63) is 18.0 Å². The van der Waals surface area contributed by atoms with E-state index in [0.717, 1.165) is 5.46 Å². The highest BCUT2D eigenvalue weighted by Crippen LogP contribution is 2.37. The van der Waals surface area contributed by atoms with E-state index in [9.17, 15) is 5.11 Å². The van der Waals surface area contributed by atoms with E-state index < -0.39 is 18.3 Å². The number of hydrogen-bond acceptors (Lipinski definition) is 5. The SMILES string of the molecule is COc1cnc(CO)cc1B1OC(C)(C)C(C)(C)O1. The van der Waals surface area contributed by atoms with E-state index in [1.807, 2.05) is 27.7 Å². The Morgan fingerprint density at radius 3 is 2.32 bits per heavy atom. The van der Waals surface area contributed by atoms with Crippen LogP contribution in [0.15, 0.2) is 12.3 Å². The zero-order valence-corrected chi connectivity index (χ0v) is 12.1. The van der Waals surface area contributed by atoms with Crippen molar-refractivity contribution in [2.24, 2.45) is 0 Å². The van der Waals surface area contributed by atoms with Crippen molar-refractivity contribution in [3.63, 3.8) is 0 Å². The van der Waals surface area contributed by atoms with E-state index in [1.165, 1.54) is 0 Å². The Hall–Kier alpha value is -1.11. The second-order valence-corrected chi connectivity index (χ2v) is 5.66. The van der Waals surface area contributed by atoms with E-state index in [1.54, 1.807) is 19.4 Å². The van der Waals surface area contributed by atoms with Crippen LogP contribution in [-0.2, 0) is 15.9 Å². The molecule has 0 aliphatic carbocycles. The zero-order chi connectivity index (χ0) is 14.3. The standard InChI is InChI=1S/C13H20BNO4/c1-12(2)13(3,4)19-14(18-12)10-6-9(8-16)15-7-11(10)17-5/h6-7,16H,8H2,1-5H3. The predicted molar refractivity (Wildman–Crippen MR) is 72.4 cm³/mol. The van der Waals surface area contributed by atoms with Gasteiger partial charge in [0.05, 0.1) is 36.8 Å². The summed E-state index contributed by atoms with van der Waals surface area (Å²) >= 11 is 0. The molecular weight excluding hydrogens is 245 g/mol. The fourth-order valence-electron chi connectivity index (χ4n) is 1.92. The van der Waals surface area contributed by atoms with Gasteiger partial charge < -0.3 is 19.2 Å². The minimum atomic E-state index is -0.520. The van der Waals surface area contributed by atoms with Crippen LogP contribution in [0.4, 0.5) is 0 Å². The van der Waals surface area contributed by atoms with Gasteiger partial charge in [0.2, 0.25) is 0 Å². The Bertz CT molecular complexity index is 460. The number of rotatable bonds is 3. The Kier molecular flexibility index (Phi) is 3.60. The molecule has 1 fully saturated rings. The van der Waals surface area contributed by atoms with Crippen molar-refractivity contribution >= 4 is 12.6 Å². The van der Waals surface area contributed by atoms with Crippen LogP contribution >= 0.6 is 0 Å². The van der Waals surface area contributed by atoms with Gasteiger partial charge >= 0.3 is 7.12 Å². The Balaban J connectivity index is 2.38. The van der Waals surface area contributed by atoms with Gasteiger partial charge in [-0.05, 0) is 33.8 Å². The molecule has 1 aliphatic rings. The molecular formula is C13H20BNO4. The molecule has 0 saturated carbocycles. The van der Waals surface area contributed by atoms with Crippen LogP contribution in [0, 0.1) is 0 Å². The summed E-state index contributed by atoms with van der Waals surface area (Å²) in [5.41, 5.74) is 0.488. The second-order valence-electron chi connectivity index (χ2n) is 5.66. The highest BCUT2D eigenvalue weighted by molar-refractivity contribution is 6.63. The van der Waals surface area contributed by atoms with Gasteiger partial charge in [0, 0.05) is 5.46 Å². The number of hydrogen-bond donors (Lipinski definition) is 1. The van der Waals surface area contributed by atoms with Gasteiger partial charge in [-0.15, -0.1) is 0 Å². The number of nitrogens with zero attached hydrogens (tertiary/aromatic N) is 1. The minimum Gasteiger partial charge on any atom is -0.496 e. The topological polar surface area (TPSA) is 60.8 Å². The van der Waals surface area contributed by atoms with Crippen LogP contribution < -0.4 is 10.2 Å². The van der Waals surface area contributed by atoms with E-state index in [2.05, 4.69) is 4.98 Å². The minimum absolute atomic E-state index is 0.128. The summed E-state index contributed by atoms with van der Waals surface area (Å²) in [6.07, 6.45) is 1.58. The summed E-state index contributed by atoms with van der Waals surface area (Å²) < 4.78 is 17.3. The van der Waals surface area contributed by atoms with Crippen molar-refractivity contribution in [2.75, 3.05) is 7.11 Å². The molecule has 1 N–H and O–H groups in total. The third-order valence-electron chi connectivity index (χ3n) is 3.84. The largest absolute Gasteiger partial charge is 0.498 e. The monoisotopic (exact) mass is 265 g/mol. The summed E-state index contributed by atoms with van der Waals surface area (Å²) in [6, 6.07) is 1.75. The molecule has 1 aliphatic heterocycles. The number of aliphatic hydroxyl groups is 1. The van der Waals surface area contributed by atoms with Crippen molar-refractivity contribution in [1.29, 1.82) is 0 Å². The van der Waals surface area contributed by atoms with Crippen molar-refractivity contribution in [3.8, 4) is 5.75 Å². The van der Waals surface area contributed by atoms with E-state index in [4.69, 9.17) is 14.0 Å². The highest BCUT2D eigenvalue weighted by Gasteiger charge is 2.52. The summed E-state index contributed by atoms with van der Waals surface area (Å²) in [7, 11) is 1.05.